The minimum absolute atomic E-state index is 0.105. The van der Waals surface area contributed by atoms with Crippen molar-refractivity contribution in [1.29, 1.82) is 5.53 Å². The molecule has 0 spiro atoms. The van der Waals surface area contributed by atoms with Crippen LogP contribution in [0.1, 0.15) is 50.4 Å². The van der Waals surface area contributed by atoms with Gasteiger partial charge in [0.15, 0.2) is 16.6 Å². The van der Waals surface area contributed by atoms with Crippen molar-refractivity contribution in [3.8, 4) is 0 Å². The maximum atomic E-state index is 12.5. The number of Topliss-reactive ketones (excluding diaryl/α,β-unsaturated/α-hetero) is 1. The first-order valence-corrected chi connectivity index (χ1v) is 10.3. The highest BCUT2D eigenvalue weighted by Crippen LogP contribution is 2.16. The fourth-order valence-corrected chi connectivity index (χ4v) is 3.14. The maximum Gasteiger partial charge on any atom is 0.407 e. The van der Waals surface area contributed by atoms with E-state index in [-0.39, 0.29) is 11.1 Å². The summed E-state index contributed by atoms with van der Waals surface area (Å²) in [5.74, 6) is -0.584. The number of rotatable bonds is 10. The largest absolute Gasteiger partial charge is 0.465 e. The minimum Gasteiger partial charge on any atom is -0.465 e. The zero-order valence-corrected chi connectivity index (χ0v) is 18.4. The quantitative estimate of drug-likeness (QED) is 0.207. The summed E-state index contributed by atoms with van der Waals surface area (Å²) in [4.78, 5) is 40.4. The van der Waals surface area contributed by atoms with Gasteiger partial charge in [-0.25, -0.2) is 4.79 Å². The highest BCUT2D eigenvalue weighted by Gasteiger charge is 2.26. The zero-order chi connectivity index (χ0) is 22.0. The number of halogens is 1. The molecule has 0 saturated carbocycles. The van der Waals surface area contributed by atoms with E-state index in [1.54, 1.807) is 18.2 Å². The van der Waals surface area contributed by atoms with Crippen molar-refractivity contribution in [2.24, 2.45) is 5.11 Å². The van der Waals surface area contributed by atoms with E-state index >= 15 is 0 Å². The maximum absolute atomic E-state index is 12.5. The number of ketones is 1. The van der Waals surface area contributed by atoms with E-state index in [4.69, 9.17) is 5.53 Å². The fourth-order valence-electron chi connectivity index (χ4n) is 2.75. The minimum atomic E-state index is -0.983. The summed E-state index contributed by atoms with van der Waals surface area (Å²) in [5.41, 5.74) is 6.94. The van der Waals surface area contributed by atoms with E-state index in [9.17, 15) is 19.5 Å². The molecule has 1 aromatic carbocycles. The van der Waals surface area contributed by atoms with E-state index in [0.717, 1.165) is 0 Å². The van der Waals surface area contributed by atoms with Crippen LogP contribution in [0.4, 0.5) is 10.5 Å². The summed E-state index contributed by atoms with van der Waals surface area (Å²) in [6, 6.07) is 5.61. The normalized spacial score (nSPS) is 11.9. The Morgan fingerprint density at radius 1 is 1.31 bits per heavy atom. The van der Waals surface area contributed by atoms with Crippen molar-refractivity contribution < 1.29 is 19.5 Å². The Kier molecular flexibility index (Phi) is 9.64. The van der Waals surface area contributed by atoms with E-state index in [1.807, 2.05) is 20.8 Å². The second kappa shape index (κ2) is 11.4. The lowest BCUT2D eigenvalue weighted by Crippen LogP contribution is -2.45. The van der Waals surface area contributed by atoms with Crippen LogP contribution in [-0.4, -0.2) is 51.2 Å². The van der Waals surface area contributed by atoms with Gasteiger partial charge in [0.25, 0.3) is 5.91 Å². The Labute approximate surface area is 178 Å². The van der Waals surface area contributed by atoms with Crippen molar-refractivity contribution in [2.75, 3.05) is 11.9 Å². The molecule has 2 amide bonds. The number of hydrogen-bond acceptors (Lipinski definition) is 5. The van der Waals surface area contributed by atoms with E-state index < -0.39 is 23.6 Å². The number of alkyl halides is 1. The third-order valence-electron chi connectivity index (χ3n) is 4.26. The summed E-state index contributed by atoms with van der Waals surface area (Å²) in [7, 11) is 0. The molecule has 0 unspecified atom stereocenters. The molecule has 0 saturated heterocycles. The predicted octanol–water partition coefficient (Wildman–Crippen LogP) is 3.88. The average molecular weight is 469 g/mol. The lowest BCUT2D eigenvalue weighted by Gasteiger charge is -2.33. The number of hydrogen-bond donors (Lipinski definition) is 3. The summed E-state index contributed by atoms with van der Waals surface area (Å²) in [6.45, 7) is 5.83. The molecule has 1 rings (SSSR count). The number of nitrogens with one attached hydrogen (secondary N) is 2. The number of unbranched alkanes of at least 4 members (excludes halogenated alkanes) is 1. The molecule has 0 heterocycles. The Balaban J connectivity index is 2.72. The van der Waals surface area contributed by atoms with Gasteiger partial charge in [0.2, 0.25) is 4.91 Å². The SMILES string of the molecule is CC(C)(C)N(CCCC[C@H](NC(=O)c1cccc(N=[N+]=N)c1)C(=O)CBr)C(=O)O. The number of benzene rings is 1. The molecule has 1 aromatic rings. The molecule has 29 heavy (non-hydrogen) atoms. The monoisotopic (exact) mass is 468 g/mol. The number of carbonyl (C=O) groups excluding carboxylic acids is 2. The standard InChI is InChI=1S/C19H26BrN5O4/c1-19(2,3)25(18(28)29)10-5-4-9-15(16(26)12-20)22-17(27)13-7-6-8-14(11-13)23-24-21/h6-8,11,15,21H,4-5,9-10,12H2,1-3H3,(H-,22,27,28,29)/p+1/t15-/m0/s1. The summed E-state index contributed by atoms with van der Waals surface area (Å²) >= 11 is 3.14. The third-order valence-corrected chi connectivity index (χ3v) is 4.82. The molecule has 158 valence electrons. The Hall–Kier alpha value is -2.58. The first kappa shape index (κ1) is 24.5. The highest BCUT2D eigenvalue weighted by molar-refractivity contribution is 9.09. The van der Waals surface area contributed by atoms with Gasteiger partial charge < -0.3 is 15.3 Å². The predicted molar refractivity (Wildman–Crippen MR) is 112 cm³/mol. The second-order valence-corrected chi connectivity index (χ2v) is 8.04. The fraction of sp³-hybridized carbons (Fsp3) is 0.526. The van der Waals surface area contributed by atoms with Crippen LogP contribution in [0.15, 0.2) is 29.4 Å². The number of carboxylic acid groups (broad SMARTS) is 1. The van der Waals surface area contributed by atoms with Crippen molar-refractivity contribution in [3.63, 3.8) is 0 Å². The summed E-state index contributed by atoms with van der Waals surface area (Å²) in [6.07, 6.45) is 0.574. The average Bonchev–Trinajstić information content (AvgIpc) is 2.65. The summed E-state index contributed by atoms with van der Waals surface area (Å²) in [5, 5.41) is 15.7. The van der Waals surface area contributed by atoms with Gasteiger partial charge in [-0.05, 0) is 58.2 Å². The van der Waals surface area contributed by atoms with Gasteiger partial charge in [0.1, 0.15) is 5.53 Å². The molecule has 0 radical (unpaired) electrons. The number of nitrogens with zero attached hydrogens (tertiary/aromatic N) is 3. The Bertz CT molecular complexity index is 787. The van der Waals surface area contributed by atoms with Gasteiger partial charge in [0.05, 0.1) is 11.4 Å². The van der Waals surface area contributed by atoms with Crippen molar-refractivity contribution in [1.82, 2.24) is 15.1 Å². The smallest absolute Gasteiger partial charge is 0.407 e. The van der Waals surface area contributed by atoms with Crippen molar-refractivity contribution in [2.45, 2.75) is 51.6 Å². The van der Waals surface area contributed by atoms with Crippen LogP contribution in [0, 0.1) is 5.53 Å². The molecular formula is C19H27BrN5O4+. The van der Waals surface area contributed by atoms with Crippen LogP contribution < -0.4 is 10.2 Å². The third kappa shape index (κ3) is 8.13. The molecule has 0 aliphatic heterocycles. The van der Waals surface area contributed by atoms with E-state index in [0.29, 0.717) is 37.1 Å². The highest BCUT2D eigenvalue weighted by atomic mass is 79.9. The first-order valence-electron chi connectivity index (χ1n) is 9.17. The lowest BCUT2D eigenvalue weighted by molar-refractivity contribution is -0.118. The van der Waals surface area contributed by atoms with Crippen LogP contribution >= 0.6 is 15.9 Å². The lowest BCUT2D eigenvalue weighted by atomic mass is 10.0. The molecule has 0 aliphatic carbocycles. The molecule has 1 atom stereocenters. The van der Waals surface area contributed by atoms with Crippen LogP contribution in [0.2, 0.25) is 0 Å². The van der Waals surface area contributed by atoms with Crippen LogP contribution in [0.25, 0.3) is 0 Å². The van der Waals surface area contributed by atoms with Crippen LogP contribution in [0.5, 0.6) is 0 Å². The molecular weight excluding hydrogens is 442 g/mol. The first-order chi connectivity index (χ1) is 13.6. The Morgan fingerprint density at radius 2 is 2.00 bits per heavy atom. The van der Waals surface area contributed by atoms with Crippen molar-refractivity contribution in [3.05, 3.63) is 29.8 Å². The van der Waals surface area contributed by atoms with Gasteiger partial charge in [0, 0.05) is 17.6 Å². The molecule has 0 aliphatic rings. The molecule has 3 N–H and O–H groups in total. The second-order valence-electron chi connectivity index (χ2n) is 7.48. The molecule has 0 aromatic heterocycles. The van der Waals surface area contributed by atoms with Crippen molar-refractivity contribution >= 4 is 39.4 Å². The topological polar surface area (TPSA) is 137 Å². The Morgan fingerprint density at radius 3 is 2.55 bits per heavy atom. The van der Waals surface area contributed by atoms with E-state index in [2.05, 4.69) is 31.3 Å². The van der Waals surface area contributed by atoms with Gasteiger partial charge in [-0.15, -0.1) is 0 Å². The number of amides is 2. The summed E-state index contributed by atoms with van der Waals surface area (Å²) < 4.78 is 0. The van der Waals surface area contributed by atoms with Gasteiger partial charge in [-0.2, -0.15) is 0 Å². The molecule has 9 nitrogen and oxygen atoms in total. The van der Waals surface area contributed by atoms with Crippen LogP contribution in [0.3, 0.4) is 0 Å². The molecule has 0 bridgehead atoms. The zero-order valence-electron chi connectivity index (χ0n) is 16.8. The van der Waals surface area contributed by atoms with Gasteiger partial charge in [-0.1, -0.05) is 22.0 Å². The van der Waals surface area contributed by atoms with Crippen LogP contribution in [-0.2, 0) is 4.79 Å². The molecule has 10 heteroatoms. The van der Waals surface area contributed by atoms with Gasteiger partial charge in [-0.3, -0.25) is 9.59 Å². The number of carbonyl (C=O) groups is 3. The van der Waals surface area contributed by atoms with Gasteiger partial charge >= 0.3 is 6.09 Å². The molecule has 0 fully saturated rings. The van der Waals surface area contributed by atoms with E-state index in [1.165, 1.54) is 11.0 Å².